The number of nitrogens with one attached hydrogen (secondary N) is 1. The Morgan fingerprint density at radius 2 is 1.94 bits per heavy atom. The predicted molar refractivity (Wildman–Crippen MR) is 66.1 cm³/mol. The molecule has 90 valence electrons. The minimum Gasteiger partial charge on any atom is -0.497 e. The first-order valence-electron chi connectivity index (χ1n) is 5.59. The maximum atomic E-state index is 5.31. The van der Waals surface area contributed by atoms with Gasteiger partial charge in [0.2, 0.25) is 0 Å². The molecule has 0 amide bonds. The van der Waals surface area contributed by atoms with Gasteiger partial charge in [-0.05, 0) is 30.7 Å². The molecule has 0 fully saturated rings. The van der Waals surface area contributed by atoms with Crippen molar-refractivity contribution in [3.8, 4) is 11.5 Å². The van der Waals surface area contributed by atoms with Gasteiger partial charge in [-0.3, -0.25) is 0 Å². The zero-order valence-electron chi connectivity index (χ0n) is 10.5. The van der Waals surface area contributed by atoms with Crippen LogP contribution < -0.4 is 14.8 Å². The molecule has 3 nitrogen and oxygen atoms in total. The van der Waals surface area contributed by atoms with Crippen molar-refractivity contribution in [1.82, 2.24) is 5.32 Å². The highest BCUT2D eigenvalue weighted by atomic mass is 16.5. The maximum absolute atomic E-state index is 5.31. The molecule has 0 aromatic heterocycles. The fourth-order valence-electron chi connectivity index (χ4n) is 1.52. The molecule has 1 N–H and O–H groups in total. The number of benzene rings is 1. The molecule has 0 aliphatic rings. The molecule has 0 bridgehead atoms. The summed E-state index contributed by atoms with van der Waals surface area (Å²) in [5.74, 6) is 2.41. The predicted octanol–water partition coefficient (Wildman–Crippen LogP) is 2.45. The van der Waals surface area contributed by atoms with E-state index in [4.69, 9.17) is 9.47 Å². The molecule has 3 heteroatoms. The minimum atomic E-state index is 0.650. The van der Waals surface area contributed by atoms with Gasteiger partial charge < -0.3 is 14.8 Å². The summed E-state index contributed by atoms with van der Waals surface area (Å²) in [5.41, 5.74) is 1.13. The van der Waals surface area contributed by atoms with E-state index in [9.17, 15) is 0 Å². The second kappa shape index (κ2) is 6.38. The summed E-state index contributed by atoms with van der Waals surface area (Å²) in [5, 5.41) is 3.39. The molecule has 1 aromatic carbocycles. The molecule has 0 radical (unpaired) electrons. The zero-order valence-corrected chi connectivity index (χ0v) is 10.5. The monoisotopic (exact) mass is 223 g/mol. The van der Waals surface area contributed by atoms with E-state index in [0.717, 1.165) is 30.2 Å². The number of ether oxygens (including phenoxy) is 2. The van der Waals surface area contributed by atoms with Crippen LogP contribution in [0, 0.1) is 5.92 Å². The lowest BCUT2D eigenvalue weighted by atomic mass is 10.1. The summed E-state index contributed by atoms with van der Waals surface area (Å²) in [4.78, 5) is 0. The van der Waals surface area contributed by atoms with Gasteiger partial charge in [-0.2, -0.15) is 0 Å². The van der Waals surface area contributed by atoms with Crippen LogP contribution in [0.25, 0.3) is 0 Å². The van der Waals surface area contributed by atoms with Gasteiger partial charge in [-0.15, -0.1) is 0 Å². The zero-order chi connectivity index (χ0) is 12.0. The van der Waals surface area contributed by atoms with Crippen LogP contribution in [0.15, 0.2) is 18.2 Å². The Labute approximate surface area is 97.8 Å². The molecule has 16 heavy (non-hydrogen) atoms. The lowest BCUT2D eigenvalue weighted by molar-refractivity contribution is 0.396. The van der Waals surface area contributed by atoms with Crippen molar-refractivity contribution in [3.05, 3.63) is 23.8 Å². The second-order valence-corrected chi connectivity index (χ2v) is 4.20. The van der Waals surface area contributed by atoms with Crippen LogP contribution in [0.1, 0.15) is 19.4 Å². The molecule has 0 atom stereocenters. The van der Waals surface area contributed by atoms with Crippen molar-refractivity contribution < 1.29 is 9.47 Å². The highest BCUT2D eigenvalue weighted by molar-refractivity contribution is 5.40. The number of hydrogen-bond acceptors (Lipinski definition) is 3. The number of hydrogen-bond donors (Lipinski definition) is 1. The van der Waals surface area contributed by atoms with Crippen LogP contribution in [0.3, 0.4) is 0 Å². The molecule has 1 rings (SSSR count). The van der Waals surface area contributed by atoms with Gasteiger partial charge in [0.05, 0.1) is 14.2 Å². The first-order chi connectivity index (χ1) is 7.67. The van der Waals surface area contributed by atoms with E-state index in [-0.39, 0.29) is 0 Å². The Balaban J connectivity index is 2.67. The van der Waals surface area contributed by atoms with Crippen LogP contribution >= 0.6 is 0 Å². The quantitative estimate of drug-likeness (QED) is 0.803. The van der Waals surface area contributed by atoms with Crippen molar-refractivity contribution in [2.45, 2.75) is 20.4 Å². The Hall–Kier alpha value is -1.22. The summed E-state index contributed by atoms with van der Waals surface area (Å²) in [6.07, 6.45) is 0. The van der Waals surface area contributed by atoms with Gasteiger partial charge in [-0.1, -0.05) is 13.8 Å². The Bertz CT molecular complexity index is 324. The highest BCUT2D eigenvalue weighted by Crippen LogP contribution is 2.23. The van der Waals surface area contributed by atoms with E-state index in [1.165, 1.54) is 0 Å². The molecule has 0 heterocycles. The van der Waals surface area contributed by atoms with E-state index < -0.39 is 0 Å². The molecule has 0 spiro atoms. The average molecular weight is 223 g/mol. The third-order valence-corrected chi connectivity index (χ3v) is 2.36. The van der Waals surface area contributed by atoms with Crippen LogP contribution in [-0.2, 0) is 6.54 Å². The molecule has 0 aliphatic carbocycles. The van der Waals surface area contributed by atoms with E-state index in [1.54, 1.807) is 14.2 Å². The summed E-state index contributed by atoms with van der Waals surface area (Å²) < 4.78 is 10.5. The van der Waals surface area contributed by atoms with Crippen LogP contribution in [0.2, 0.25) is 0 Å². The van der Waals surface area contributed by atoms with Gasteiger partial charge in [0.15, 0.2) is 0 Å². The van der Waals surface area contributed by atoms with Crippen LogP contribution in [-0.4, -0.2) is 20.8 Å². The Morgan fingerprint density at radius 1 is 1.19 bits per heavy atom. The van der Waals surface area contributed by atoms with Gasteiger partial charge in [0.1, 0.15) is 11.5 Å². The van der Waals surface area contributed by atoms with E-state index >= 15 is 0 Å². The second-order valence-electron chi connectivity index (χ2n) is 4.20. The summed E-state index contributed by atoms with van der Waals surface area (Å²) in [6.45, 7) is 6.19. The average Bonchev–Trinajstić information content (AvgIpc) is 2.28. The number of methoxy groups -OCH3 is 2. The maximum Gasteiger partial charge on any atom is 0.123 e. The minimum absolute atomic E-state index is 0.650. The molecule has 1 aromatic rings. The van der Waals surface area contributed by atoms with Gasteiger partial charge in [-0.25, -0.2) is 0 Å². The number of rotatable bonds is 6. The van der Waals surface area contributed by atoms with E-state index in [1.807, 2.05) is 18.2 Å². The van der Waals surface area contributed by atoms with Crippen LogP contribution in [0.4, 0.5) is 0 Å². The smallest absolute Gasteiger partial charge is 0.123 e. The summed E-state index contributed by atoms with van der Waals surface area (Å²) in [6, 6.07) is 5.85. The van der Waals surface area contributed by atoms with E-state index in [2.05, 4.69) is 19.2 Å². The van der Waals surface area contributed by atoms with Crippen molar-refractivity contribution in [2.24, 2.45) is 5.92 Å². The van der Waals surface area contributed by atoms with E-state index in [0.29, 0.717) is 5.92 Å². The molecular formula is C13H21NO2. The Kier molecular flexibility index (Phi) is 5.12. The van der Waals surface area contributed by atoms with Crippen molar-refractivity contribution >= 4 is 0 Å². The molecular weight excluding hydrogens is 202 g/mol. The molecule has 0 saturated carbocycles. The standard InChI is InChI=1S/C13H21NO2/c1-10(2)8-14-9-11-7-12(15-3)5-6-13(11)16-4/h5-7,10,14H,8-9H2,1-4H3. The normalized spacial score (nSPS) is 10.6. The summed E-state index contributed by atoms with van der Waals surface area (Å²) >= 11 is 0. The third-order valence-electron chi connectivity index (χ3n) is 2.36. The van der Waals surface area contributed by atoms with Gasteiger partial charge in [0, 0.05) is 12.1 Å². The highest BCUT2D eigenvalue weighted by Gasteiger charge is 2.04. The molecule has 0 saturated heterocycles. The van der Waals surface area contributed by atoms with Crippen molar-refractivity contribution in [3.63, 3.8) is 0 Å². The first-order valence-corrected chi connectivity index (χ1v) is 5.59. The Morgan fingerprint density at radius 3 is 2.50 bits per heavy atom. The van der Waals surface area contributed by atoms with Gasteiger partial charge >= 0.3 is 0 Å². The summed E-state index contributed by atoms with van der Waals surface area (Å²) in [7, 11) is 3.36. The first kappa shape index (κ1) is 12.8. The fraction of sp³-hybridized carbons (Fsp3) is 0.538. The fourth-order valence-corrected chi connectivity index (χ4v) is 1.52. The molecule has 0 aliphatic heterocycles. The third kappa shape index (κ3) is 3.74. The SMILES string of the molecule is COc1ccc(OC)c(CNCC(C)C)c1. The van der Waals surface area contributed by atoms with Crippen molar-refractivity contribution in [2.75, 3.05) is 20.8 Å². The van der Waals surface area contributed by atoms with Gasteiger partial charge in [0.25, 0.3) is 0 Å². The molecule has 0 unspecified atom stereocenters. The lowest BCUT2D eigenvalue weighted by Gasteiger charge is -2.12. The topological polar surface area (TPSA) is 30.5 Å². The lowest BCUT2D eigenvalue weighted by Crippen LogP contribution is -2.19. The van der Waals surface area contributed by atoms with Crippen molar-refractivity contribution in [1.29, 1.82) is 0 Å². The largest absolute Gasteiger partial charge is 0.497 e. The van der Waals surface area contributed by atoms with Crippen LogP contribution in [0.5, 0.6) is 11.5 Å².